The summed E-state index contributed by atoms with van der Waals surface area (Å²) in [7, 11) is -3.96. The molecule has 1 aromatic carbocycles. The van der Waals surface area contributed by atoms with E-state index in [2.05, 4.69) is 35.8 Å². The van der Waals surface area contributed by atoms with E-state index >= 15 is 0 Å². The van der Waals surface area contributed by atoms with Crippen molar-refractivity contribution < 1.29 is 13.3 Å². The number of nitro benzene ring substituents is 1. The maximum atomic E-state index is 12.2. The van der Waals surface area contributed by atoms with E-state index in [-0.39, 0.29) is 11.4 Å². The summed E-state index contributed by atoms with van der Waals surface area (Å²) in [6.07, 6.45) is 0.968. The highest BCUT2D eigenvalue weighted by Gasteiger charge is 2.25. The van der Waals surface area contributed by atoms with Crippen LogP contribution in [0.3, 0.4) is 0 Å². The summed E-state index contributed by atoms with van der Waals surface area (Å²) in [5.74, 6) is 1.28. The topological polar surface area (TPSA) is 131 Å². The number of hydrogen-bond acceptors (Lipinski definition) is 6. The predicted molar refractivity (Wildman–Crippen MR) is 85.4 cm³/mol. The number of aromatic amines is 1. The molecular weight excluding hydrogens is 390 g/mol. The van der Waals surface area contributed by atoms with Gasteiger partial charge in [0.1, 0.15) is 5.82 Å². The van der Waals surface area contributed by atoms with Crippen LogP contribution in [0.15, 0.2) is 27.6 Å². The van der Waals surface area contributed by atoms with Crippen LogP contribution < -0.4 is 4.72 Å². The third kappa shape index (κ3) is 4.56. The lowest BCUT2D eigenvalue weighted by molar-refractivity contribution is -0.387. The van der Waals surface area contributed by atoms with Crippen LogP contribution in [0, 0.1) is 17.0 Å². The monoisotopic (exact) mass is 403 g/mol. The Morgan fingerprint density at radius 3 is 2.78 bits per heavy atom. The van der Waals surface area contributed by atoms with Gasteiger partial charge in [-0.2, -0.15) is 5.10 Å². The van der Waals surface area contributed by atoms with Crippen molar-refractivity contribution in [2.24, 2.45) is 0 Å². The van der Waals surface area contributed by atoms with Gasteiger partial charge in [0.05, 0.1) is 4.92 Å². The highest BCUT2D eigenvalue weighted by molar-refractivity contribution is 9.10. The maximum Gasteiger partial charge on any atom is 0.290 e. The molecule has 0 aliphatic heterocycles. The second-order valence-electron chi connectivity index (χ2n) is 4.71. The summed E-state index contributed by atoms with van der Waals surface area (Å²) in [6, 6.07) is 3.80. The lowest BCUT2D eigenvalue weighted by Crippen LogP contribution is -2.26. The highest BCUT2D eigenvalue weighted by Crippen LogP contribution is 2.27. The van der Waals surface area contributed by atoms with Gasteiger partial charge in [0, 0.05) is 23.5 Å². The number of H-pyrrole nitrogens is 1. The van der Waals surface area contributed by atoms with E-state index in [9.17, 15) is 18.5 Å². The smallest absolute Gasteiger partial charge is 0.263 e. The number of aryl methyl sites for hydroxylation is 2. The lowest BCUT2D eigenvalue weighted by atomic mass is 10.3. The van der Waals surface area contributed by atoms with Crippen molar-refractivity contribution in [3.8, 4) is 0 Å². The van der Waals surface area contributed by atoms with Crippen molar-refractivity contribution in [2.75, 3.05) is 6.54 Å². The van der Waals surface area contributed by atoms with Gasteiger partial charge in [0.2, 0.25) is 10.0 Å². The number of nitro groups is 1. The highest BCUT2D eigenvalue weighted by atomic mass is 79.9. The molecule has 124 valence electrons. The Balaban J connectivity index is 2.03. The minimum absolute atomic E-state index is 0.128. The van der Waals surface area contributed by atoms with E-state index in [0.29, 0.717) is 29.0 Å². The van der Waals surface area contributed by atoms with Crippen LogP contribution in [0.4, 0.5) is 5.69 Å². The molecule has 9 nitrogen and oxygen atoms in total. The lowest BCUT2D eigenvalue weighted by Gasteiger charge is -2.07. The fourth-order valence-electron chi connectivity index (χ4n) is 1.89. The molecule has 1 heterocycles. The Morgan fingerprint density at radius 1 is 1.43 bits per heavy atom. The van der Waals surface area contributed by atoms with Crippen LogP contribution in [0.5, 0.6) is 0 Å². The molecule has 0 fully saturated rings. The van der Waals surface area contributed by atoms with Crippen molar-refractivity contribution in [1.82, 2.24) is 19.9 Å². The summed E-state index contributed by atoms with van der Waals surface area (Å²) in [5.41, 5.74) is -0.475. The number of benzene rings is 1. The van der Waals surface area contributed by atoms with Gasteiger partial charge in [-0.1, -0.05) is 15.9 Å². The van der Waals surface area contributed by atoms with Crippen molar-refractivity contribution >= 4 is 31.6 Å². The summed E-state index contributed by atoms with van der Waals surface area (Å²) < 4.78 is 27.2. The van der Waals surface area contributed by atoms with Crippen LogP contribution >= 0.6 is 15.9 Å². The molecule has 0 saturated carbocycles. The van der Waals surface area contributed by atoms with Crippen LogP contribution in [-0.4, -0.2) is 35.1 Å². The first-order chi connectivity index (χ1) is 10.8. The quantitative estimate of drug-likeness (QED) is 0.410. The molecule has 0 aliphatic carbocycles. The fourth-order valence-corrected chi connectivity index (χ4v) is 3.47. The van der Waals surface area contributed by atoms with Crippen LogP contribution in [-0.2, 0) is 16.4 Å². The first kappa shape index (κ1) is 17.5. The zero-order valence-electron chi connectivity index (χ0n) is 12.1. The van der Waals surface area contributed by atoms with Gasteiger partial charge in [-0.3, -0.25) is 15.2 Å². The summed E-state index contributed by atoms with van der Waals surface area (Å²) >= 11 is 3.09. The first-order valence-corrected chi connectivity index (χ1v) is 8.89. The van der Waals surface area contributed by atoms with E-state index < -0.39 is 20.6 Å². The maximum absolute atomic E-state index is 12.2. The van der Waals surface area contributed by atoms with Crippen molar-refractivity contribution in [3.05, 3.63) is 44.4 Å². The van der Waals surface area contributed by atoms with Crippen LogP contribution in [0.1, 0.15) is 18.1 Å². The molecule has 0 atom stereocenters. The predicted octanol–water partition coefficient (Wildman–Crippen LogP) is 1.69. The number of halogens is 1. The van der Waals surface area contributed by atoms with Crippen molar-refractivity contribution in [3.63, 3.8) is 0 Å². The van der Waals surface area contributed by atoms with Gasteiger partial charge in [-0.25, -0.2) is 18.1 Å². The standard InChI is InChI=1S/C12H14BrN5O4S/c1-8-15-12(17-16-8)3-2-6-14-23(21,22)11-5-4-9(13)7-10(11)18(19)20/h4-5,7,14H,2-3,6H2,1H3,(H,15,16,17). The molecule has 2 rings (SSSR count). The summed E-state index contributed by atoms with van der Waals surface area (Å²) in [5, 5.41) is 17.7. The Hall–Kier alpha value is -1.85. The number of aromatic nitrogens is 3. The van der Waals surface area contributed by atoms with E-state index in [4.69, 9.17) is 0 Å². The van der Waals surface area contributed by atoms with Gasteiger partial charge in [0.25, 0.3) is 5.69 Å². The number of nitrogens with zero attached hydrogens (tertiary/aromatic N) is 3. The number of sulfonamides is 1. The molecule has 0 amide bonds. The van der Waals surface area contributed by atoms with Gasteiger partial charge >= 0.3 is 0 Å². The molecule has 0 radical (unpaired) electrons. The van der Waals surface area contributed by atoms with Gasteiger partial charge in [0.15, 0.2) is 10.7 Å². The molecule has 11 heteroatoms. The van der Waals surface area contributed by atoms with E-state index in [0.717, 1.165) is 6.07 Å². The third-order valence-electron chi connectivity index (χ3n) is 2.92. The van der Waals surface area contributed by atoms with E-state index in [1.807, 2.05) is 0 Å². The SMILES string of the molecule is Cc1nc(CCCNS(=O)(=O)c2ccc(Br)cc2[N+](=O)[O-])n[nH]1. The minimum atomic E-state index is -3.96. The van der Waals surface area contributed by atoms with Crippen LogP contribution in [0.25, 0.3) is 0 Å². The second kappa shape index (κ2) is 7.15. The zero-order valence-corrected chi connectivity index (χ0v) is 14.5. The zero-order chi connectivity index (χ0) is 17.0. The van der Waals surface area contributed by atoms with E-state index in [1.165, 1.54) is 12.1 Å². The number of hydrogen-bond donors (Lipinski definition) is 2. The molecule has 0 bridgehead atoms. The minimum Gasteiger partial charge on any atom is -0.263 e. The second-order valence-corrected chi connectivity index (χ2v) is 7.36. The molecule has 2 aromatic rings. The van der Waals surface area contributed by atoms with Gasteiger partial charge in [-0.15, -0.1) is 0 Å². The molecular formula is C12H14BrN5O4S. The van der Waals surface area contributed by atoms with Crippen LogP contribution in [0.2, 0.25) is 0 Å². The normalized spacial score (nSPS) is 11.6. The molecule has 2 N–H and O–H groups in total. The molecule has 0 unspecified atom stereocenters. The van der Waals surface area contributed by atoms with Crippen molar-refractivity contribution in [2.45, 2.75) is 24.7 Å². The Bertz CT molecular complexity index is 821. The average Bonchev–Trinajstić information content (AvgIpc) is 2.89. The number of nitrogens with one attached hydrogen (secondary N) is 2. The molecule has 0 saturated heterocycles. The Labute approximate surface area is 140 Å². The van der Waals surface area contributed by atoms with Gasteiger partial charge < -0.3 is 0 Å². The molecule has 0 spiro atoms. The summed E-state index contributed by atoms with van der Waals surface area (Å²) in [6.45, 7) is 1.90. The largest absolute Gasteiger partial charge is 0.290 e. The third-order valence-corrected chi connectivity index (χ3v) is 4.92. The van der Waals surface area contributed by atoms with Crippen molar-refractivity contribution in [1.29, 1.82) is 0 Å². The fraction of sp³-hybridized carbons (Fsp3) is 0.333. The summed E-state index contributed by atoms with van der Waals surface area (Å²) in [4.78, 5) is 14.0. The molecule has 1 aromatic heterocycles. The molecule has 0 aliphatic rings. The van der Waals surface area contributed by atoms with E-state index in [1.54, 1.807) is 6.92 Å². The Kier molecular flexibility index (Phi) is 5.44. The molecule has 23 heavy (non-hydrogen) atoms. The van der Waals surface area contributed by atoms with Gasteiger partial charge in [-0.05, 0) is 25.5 Å². The number of rotatable bonds is 7. The first-order valence-electron chi connectivity index (χ1n) is 6.61. The Morgan fingerprint density at radius 2 is 2.17 bits per heavy atom. The average molecular weight is 404 g/mol.